The molecule has 1 saturated heterocycles. The van der Waals surface area contributed by atoms with Crippen LogP contribution in [0.15, 0.2) is 54.6 Å². The van der Waals surface area contributed by atoms with Crippen LogP contribution in [0.2, 0.25) is 0 Å². The zero-order valence-corrected chi connectivity index (χ0v) is 26.5. The maximum atomic E-state index is 14.5. The Morgan fingerprint density at radius 3 is 2.62 bits per heavy atom. The van der Waals surface area contributed by atoms with Crippen LogP contribution in [-0.4, -0.2) is 73.7 Å². The number of fused-ring (bicyclic) bond motifs is 10. The first-order chi connectivity index (χ1) is 22.7. The molecular formula is C35H37FN4O7. The molecule has 2 atom stereocenters. The standard InChI is InChI=1S/C35H37FN4O7/c1-20-24-5-4-6-25(36)34(24)39-33(20)35(43)40-14-13-27-26(18-40)38-32(42)19-46-30-15-21(7-11-28(30)44-2)8-12-31(41)37-17-22-9-10-23(47-27)16-29(22)45-3/h4-7,9-11,15-16,26-27,39H,8,12-14,17-19H2,1-3H3,(H,37,41)(H,38,42)/t26-,27+/m1/s1. The Morgan fingerprint density at radius 2 is 1.83 bits per heavy atom. The van der Waals surface area contributed by atoms with Crippen LogP contribution in [-0.2, 0) is 22.6 Å². The molecule has 0 radical (unpaired) electrons. The second kappa shape index (κ2) is 13.6. The lowest BCUT2D eigenvalue weighted by atomic mass is 10.0. The monoisotopic (exact) mass is 644 g/mol. The molecular weight excluding hydrogens is 607 g/mol. The van der Waals surface area contributed by atoms with Crippen LogP contribution < -0.4 is 29.6 Å². The number of hydrogen-bond donors (Lipinski definition) is 3. The number of hydrogen-bond acceptors (Lipinski definition) is 7. The van der Waals surface area contributed by atoms with Crippen molar-refractivity contribution in [1.29, 1.82) is 0 Å². The number of carbonyl (C=O) groups excluding carboxylic acids is 3. The van der Waals surface area contributed by atoms with E-state index in [4.69, 9.17) is 18.9 Å². The Kier molecular flexibility index (Phi) is 9.19. The lowest BCUT2D eigenvalue weighted by Crippen LogP contribution is -2.58. The van der Waals surface area contributed by atoms with Crippen LogP contribution in [0.25, 0.3) is 10.9 Å². The average molecular weight is 645 g/mol. The van der Waals surface area contributed by atoms with Crippen LogP contribution in [0.3, 0.4) is 0 Å². The maximum Gasteiger partial charge on any atom is 0.270 e. The molecule has 3 N–H and O–H groups in total. The van der Waals surface area contributed by atoms with Crippen molar-refractivity contribution in [2.45, 2.75) is 44.9 Å². The number of ether oxygens (including phenoxy) is 4. The highest BCUT2D eigenvalue weighted by Crippen LogP contribution is 2.31. The van der Waals surface area contributed by atoms with E-state index in [1.807, 2.05) is 12.1 Å². The molecule has 3 aliphatic rings. The van der Waals surface area contributed by atoms with E-state index in [1.165, 1.54) is 13.2 Å². The van der Waals surface area contributed by atoms with E-state index in [9.17, 15) is 18.8 Å². The van der Waals surface area contributed by atoms with Gasteiger partial charge in [-0.1, -0.05) is 18.2 Å². The van der Waals surface area contributed by atoms with E-state index in [-0.39, 0.29) is 43.4 Å². The lowest BCUT2D eigenvalue weighted by Gasteiger charge is -2.38. The van der Waals surface area contributed by atoms with Crippen molar-refractivity contribution < 1.29 is 37.7 Å². The summed E-state index contributed by atoms with van der Waals surface area (Å²) >= 11 is 0. The molecule has 4 aromatic rings. The molecule has 4 bridgehead atoms. The first kappa shape index (κ1) is 31.7. The van der Waals surface area contributed by atoms with Crippen LogP contribution in [0.5, 0.6) is 23.0 Å². The molecule has 0 aliphatic carbocycles. The minimum Gasteiger partial charge on any atom is -0.496 e. The summed E-state index contributed by atoms with van der Waals surface area (Å²) in [6, 6.07) is 14.8. The summed E-state index contributed by atoms with van der Waals surface area (Å²) in [5, 5.41) is 6.59. The number of likely N-dealkylation sites (tertiary alicyclic amines) is 1. The molecule has 0 spiro atoms. The van der Waals surface area contributed by atoms with Gasteiger partial charge in [-0.3, -0.25) is 14.4 Å². The third kappa shape index (κ3) is 6.81. The summed E-state index contributed by atoms with van der Waals surface area (Å²) in [5.41, 5.74) is 2.86. The first-order valence-electron chi connectivity index (χ1n) is 15.5. The Labute approximate surface area is 271 Å². The number of aromatic amines is 1. The van der Waals surface area contributed by atoms with Gasteiger partial charge in [0.25, 0.3) is 11.8 Å². The van der Waals surface area contributed by atoms with Crippen molar-refractivity contribution in [2.24, 2.45) is 0 Å². The minimum atomic E-state index is -0.606. The highest BCUT2D eigenvalue weighted by atomic mass is 19.1. The normalized spacial score (nSPS) is 18.9. The SMILES string of the molecule is COc1cc2ccc1CNC(=O)CCc1ccc(OC)c(c1)OCC(=O)N[C@@H]1CN(C(=O)c3[nH]c4c(F)cccc4c3C)CC[C@@H]1O2. The molecule has 3 amide bonds. The van der Waals surface area contributed by atoms with Gasteiger partial charge in [-0.05, 0) is 54.8 Å². The zero-order valence-electron chi connectivity index (χ0n) is 26.5. The topological polar surface area (TPSA) is 131 Å². The van der Waals surface area contributed by atoms with Crippen LogP contribution in [0, 0.1) is 12.7 Å². The second-order valence-electron chi connectivity index (χ2n) is 11.7. The van der Waals surface area contributed by atoms with Gasteiger partial charge in [-0.2, -0.15) is 0 Å². The molecule has 11 nitrogen and oxygen atoms in total. The number of amides is 3. The Hall–Kier alpha value is -5.26. The van der Waals surface area contributed by atoms with Gasteiger partial charge in [0.2, 0.25) is 5.91 Å². The number of piperidine rings is 1. The van der Waals surface area contributed by atoms with Crippen molar-refractivity contribution in [3.63, 3.8) is 0 Å². The predicted octanol–water partition coefficient (Wildman–Crippen LogP) is 4.05. The number of H-pyrrole nitrogens is 1. The fourth-order valence-electron chi connectivity index (χ4n) is 6.12. The predicted molar refractivity (Wildman–Crippen MR) is 172 cm³/mol. The number of aryl methyl sites for hydroxylation is 2. The van der Waals surface area contributed by atoms with Crippen LogP contribution in [0.4, 0.5) is 4.39 Å². The number of aromatic nitrogens is 1. The zero-order chi connectivity index (χ0) is 33.1. The molecule has 246 valence electrons. The molecule has 47 heavy (non-hydrogen) atoms. The number of para-hydroxylation sites is 1. The van der Waals surface area contributed by atoms with Gasteiger partial charge in [0, 0.05) is 49.5 Å². The quantitative estimate of drug-likeness (QED) is 0.307. The third-order valence-corrected chi connectivity index (χ3v) is 8.69. The van der Waals surface area contributed by atoms with E-state index in [0.29, 0.717) is 59.0 Å². The van der Waals surface area contributed by atoms with E-state index in [0.717, 1.165) is 11.1 Å². The Balaban J connectivity index is 1.29. The fourth-order valence-corrected chi connectivity index (χ4v) is 6.12. The van der Waals surface area contributed by atoms with E-state index >= 15 is 0 Å². The van der Waals surface area contributed by atoms with Crippen molar-refractivity contribution >= 4 is 28.6 Å². The van der Waals surface area contributed by atoms with E-state index < -0.39 is 23.9 Å². The summed E-state index contributed by atoms with van der Waals surface area (Å²) in [5.74, 6) is 0.601. The van der Waals surface area contributed by atoms with Gasteiger partial charge in [0.15, 0.2) is 18.1 Å². The van der Waals surface area contributed by atoms with Gasteiger partial charge in [0.1, 0.15) is 29.1 Å². The maximum absolute atomic E-state index is 14.5. The van der Waals surface area contributed by atoms with Crippen LogP contribution in [0.1, 0.15) is 40.0 Å². The van der Waals surface area contributed by atoms with Gasteiger partial charge in [0.05, 0.1) is 25.8 Å². The van der Waals surface area contributed by atoms with E-state index in [1.54, 1.807) is 55.3 Å². The lowest BCUT2D eigenvalue weighted by molar-refractivity contribution is -0.125. The van der Waals surface area contributed by atoms with Gasteiger partial charge in [-0.15, -0.1) is 0 Å². The molecule has 3 aliphatic heterocycles. The number of nitrogens with one attached hydrogen (secondary N) is 3. The molecule has 3 aromatic carbocycles. The fraction of sp³-hybridized carbons (Fsp3) is 0.343. The van der Waals surface area contributed by atoms with Crippen LogP contribution >= 0.6 is 0 Å². The molecule has 0 saturated carbocycles. The summed E-state index contributed by atoms with van der Waals surface area (Å²) < 4.78 is 37.8. The van der Waals surface area contributed by atoms with Crippen molar-refractivity contribution in [3.05, 3.63) is 82.8 Å². The van der Waals surface area contributed by atoms with Gasteiger partial charge < -0.3 is 39.5 Å². The van der Waals surface area contributed by atoms with Crippen molar-refractivity contribution in [1.82, 2.24) is 20.5 Å². The highest BCUT2D eigenvalue weighted by molar-refractivity contribution is 6.01. The number of methoxy groups -OCH3 is 2. The minimum absolute atomic E-state index is 0.125. The summed E-state index contributed by atoms with van der Waals surface area (Å²) in [4.78, 5) is 44.4. The largest absolute Gasteiger partial charge is 0.496 e. The van der Waals surface area contributed by atoms with Gasteiger partial charge in [-0.25, -0.2) is 4.39 Å². The van der Waals surface area contributed by atoms with Crippen molar-refractivity contribution in [3.8, 4) is 23.0 Å². The number of nitrogens with zero attached hydrogens (tertiary/aromatic N) is 1. The smallest absolute Gasteiger partial charge is 0.270 e. The molecule has 1 fully saturated rings. The molecule has 0 unspecified atom stereocenters. The Bertz CT molecular complexity index is 1820. The second-order valence-corrected chi connectivity index (χ2v) is 11.7. The molecule has 7 rings (SSSR count). The summed E-state index contributed by atoms with van der Waals surface area (Å²) in [6.07, 6.45) is 0.612. The number of halogens is 1. The van der Waals surface area contributed by atoms with E-state index in [2.05, 4.69) is 15.6 Å². The third-order valence-electron chi connectivity index (χ3n) is 8.69. The van der Waals surface area contributed by atoms with Gasteiger partial charge >= 0.3 is 0 Å². The highest BCUT2D eigenvalue weighted by Gasteiger charge is 2.36. The number of benzene rings is 3. The molecule has 1 aromatic heterocycles. The number of rotatable bonds is 3. The molecule has 4 heterocycles. The summed E-state index contributed by atoms with van der Waals surface area (Å²) in [7, 11) is 3.06. The summed E-state index contributed by atoms with van der Waals surface area (Å²) in [6.45, 7) is 2.22. The van der Waals surface area contributed by atoms with Crippen molar-refractivity contribution in [2.75, 3.05) is 33.9 Å². The average Bonchev–Trinajstić information content (AvgIpc) is 3.42. The first-order valence-corrected chi connectivity index (χ1v) is 15.5. The molecule has 12 heteroatoms. The Morgan fingerprint density at radius 1 is 1.00 bits per heavy atom. The number of carbonyl (C=O) groups is 3.